The standard InChI is InChI=1S/C24H31N3O3S/c1-19-6-12-23(13-7-19)31(29,30)27-16-14-26(15-17-27)18-20-8-10-21(11-9-20)24(28)25-22-4-2-3-5-22/h6-13,22H,2-5,14-18H2,1H3,(H,25,28). The van der Waals surface area contributed by atoms with Gasteiger partial charge in [0.2, 0.25) is 10.0 Å². The van der Waals surface area contributed by atoms with E-state index in [0.717, 1.165) is 30.5 Å². The van der Waals surface area contributed by atoms with E-state index in [0.29, 0.717) is 42.7 Å². The third kappa shape index (κ3) is 5.34. The van der Waals surface area contributed by atoms with Gasteiger partial charge in [0.15, 0.2) is 0 Å². The molecule has 4 rings (SSSR count). The lowest BCUT2D eigenvalue weighted by Gasteiger charge is -2.34. The average Bonchev–Trinajstić information content (AvgIpc) is 3.28. The van der Waals surface area contributed by atoms with Crippen molar-refractivity contribution in [2.45, 2.75) is 50.1 Å². The molecule has 0 aromatic heterocycles. The fourth-order valence-corrected chi connectivity index (χ4v) is 5.77. The van der Waals surface area contributed by atoms with Gasteiger partial charge in [0, 0.05) is 44.3 Å². The molecule has 1 N–H and O–H groups in total. The Balaban J connectivity index is 1.29. The van der Waals surface area contributed by atoms with E-state index in [4.69, 9.17) is 0 Å². The van der Waals surface area contributed by atoms with Gasteiger partial charge in [0.05, 0.1) is 4.90 Å². The first kappa shape index (κ1) is 22.0. The van der Waals surface area contributed by atoms with Gasteiger partial charge in [-0.2, -0.15) is 4.31 Å². The molecule has 166 valence electrons. The summed E-state index contributed by atoms with van der Waals surface area (Å²) < 4.78 is 27.3. The first-order valence-corrected chi connectivity index (χ1v) is 12.5. The summed E-state index contributed by atoms with van der Waals surface area (Å²) in [6.45, 7) is 5.05. The van der Waals surface area contributed by atoms with E-state index >= 15 is 0 Å². The predicted molar refractivity (Wildman–Crippen MR) is 121 cm³/mol. The zero-order valence-electron chi connectivity index (χ0n) is 18.1. The molecule has 2 fully saturated rings. The molecule has 1 saturated carbocycles. The third-order valence-electron chi connectivity index (χ3n) is 6.30. The van der Waals surface area contributed by atoms with Gasteiger partial charge in [-0.25, -0.2) is 8.42 Å². The van der Waals surface area contributed by atoms with Gasteiger partial charge >= 0.3 is 0 Å². The summed E-state index contributed by atoms with van der Waals surface area (Å²) in [6, 6.07) is 15.1. The molecule has 1 aliphatic heterocycles. The van der Waals surface area contributed by atoms with Crippen molar-refractivity contribution in [1.29, 1.82) is 0 Å². The number of sulfonamides is 1. The number of nitrogens with one attached hydrogen (secondary N) is 1. The molecule has 0 radical (unpaired) electrons. The molecule has 1 amide bonds. The molecule has 1 heterocycles. The Morgan fingerprint density at radius 3 is 2.16 bits per heavy atom. The zero-order chi connectivity index (χ0) is 21.8. The predicted octanol–water partition coefficient (Wildman–Crippen LogP) is 3.17. The van der Waals surface area contributed by atoms with E-state index in [1.165, 1.54) is 12.8 Å². The van der Waals surface area contributed by atoms with Crippen LogP contribution in [0.4, 0.5) is 0 Å². The molecular weight excluding hydrogens is 410 g/mol. The fourth-order valence-electron chi connectivity index (χ4n) is 4.35. The van der Waals surface area contributed by atoms with Crippen molar-refractivity contribution in [2.75, 3.05) is 26.2 Å². The summed E-state index contributed by atoms with van der Waals surface area (Å²) in [6.07, 6.45) is 4.55. The topological polar surface area (TPSA) is 69.7 Å². The number of amides is 1. The Labute approximate surface area is 185 Å². The summed E-state index contributed by atoms with van der Waals surface area (Å²) in [5.74, 6) is 0.00776. The van der Waals surface area contributed by atoms with Gasteiger partial charge in [0.25, 0.3) is 5.91 Å². The van der Waals surface area contributed by atoms with E-state index in [-0.39, 0.29) is 5.91 Å². The second kappa shape index (κ2) is 9.51. The molecule has 0 bridgehead atoms. The SMILES string of the molecule is Cc1ccc(S(=O)(=O)N2CCN(Cc3ccc(C(=O)NC4CCCC4)cc3)CC2)cc1. The van der Waals surface area contributed by atoms with Gasteiger partial charge in [0.1, 0.15) is 0 Å². The van der Waals surface area contributed by atoms with Crippen molar-refractivity contribution >= 4 is 15.9 Å². The maximum atomic E-state index is 12.9. The fraction of sp³-hybridized carbons (Fsp3) is 0.458. The van der Waals surface area contributed by atoms with Crippen molar-refractivity contribution < 1.29 is 13.2 Å². The molecule has 31 heavy (non-hydrogen) atoms. The lowest BCUT2D eigenvalue weighted by Crippen LogP contribution is -2.48. The highest BCUT2D eigenvalue weighted by Gasteiger charge is 2.28. The molecule has 2 aromatic rings. The second-order valence-corrected chi connectivity index (χ2v) is 10.6. The molecule has 1 saturated heterocycles. The van der Waals surface area contributed by atoms with Crippen LogP contribution in [0.1, 0.15) is 47.2 Å². The van der Waals surface area contributed by atoms with Crippen LogP contribution in [0.5, 0.6) is 0 Å². The van der Waals surface area contributed by atoms with Crippen molar-refractivity contribution in [1.82, 2.24) is 14.5 Å². The Kier molecular flexibility index (Phi) is 6.74. The molecular formula is C24H31N3O3S. The molecule has 6 nitrogen and oxygen atoms in total. The van der Waals surface area contributed by atoms with Crippen LogP contribution in [-0.4, -0.2) is 55.8 Å². The minimum Gasteiger partial charge on any atom is -0.349 e. The first-order valence-electron chi connectivity index (χ1n) is 11.1. The number of hydrogen-bond donors (Lipinski definition) is 1. The number of carbonyl (C=O) groups excluding carboxylic acids is 1. The molecule has 0 unspecified atom stereocenters. The van der Waals surface area contributed by atoms with Gasteiger partial charge in [-0.3, -0.25) is 9.69 Å². The van der Waals surface area contributed by atoms with Crippen molar-refractivity contribution in [3.8, 4) is 0 Å². The van der Waals surface area contributed by atoms with Gasteiger partial charge < -0.3 is 5.32 Å². The quantitative estimate of drug-likeness (QED) is 0.748. The summed E-state index contributed by atoms with van der Waals surface area (Å²) in [5, 5.41) is 3.12. The molecule has 0 spiro atoms. The summed E-state index contributed by atoms with van der Waals surface area (Å²) in [5.41, 5.74) is 2.88. The maximum Gasteiger partial charge on any atom is 0.251 e. The minimum atomic E-state index is -3.44. The summed E-state index contributed by atoms with van der Waals surface area (Å²) in [4.78, 5) is 15.0. The Hall–Kier alpha value is -2.22. The Morgan fingerprint density at radius 1 is 0.935 bits per heavy atom. The smallest absolute Gasteiger partial charge is 0.251 e. The van der Waals surface area contributed by atoms with Crippen molar-refractivity contribution in [3.63, 3.8) is 0 Å². The lowest BCUT2D eigenvalue weighted by atomic mass is 10.1. The Bertz CT molecular complexity index is 989. The maximum absolute atomic E-state index is 12.9. The van der Waals surface area contributed by atoms with Crippen LogP contribution >= 0.6 is 0 Å². The number of benzene rings is 2. The van der Waals surface area contributed by atoms with Crippen LogP contribution in [0.2, 0.25) is 0 Å². The second-order valence-electron chi connectivity index (χ2n) is 8.65. The molecule has 7 heteroatoms. The largest absolute Gasteiger partial charge is 0.349 e. The van der Waals surface area contributed by atoms with Crippen molar-refractivity contribution in [3.05, 3.63) is 65.2 Å². The van der Waals surface area contributed by atoms with Crippen molar-refractivity contribution in [2.24, 2.45) is 0 Å². The van der Waals surface area contributed by atoms with E-state index in [9.17, 15) is 13.2 Å². The molecule has 2 aliphatic rings. The van der Waals surface area contributed by atoms with Crippen LogP contribution in [0.3, 0.4) is 0 Å². The van der Waals surface area contributed by atoms with Gasteiger partial charge in [-0.15, -0.1) is 0 Å². The number of nitrogens with zero attached hydrogens (tertiary/aromatic N) is 2. The number of piperazine rings is 1. The summed E-state index contributed by atoms with van der Waals surface area (Å²) >= 11 is 0. The van der Waals surface area contributed by atoms with Gasteiger partial charge in [-0.05, 0) is 49.6 Å². The zero-order valence-corrected chi connectivity index (χ0v) is 18.9. The molecule has 0 atom stereocenters. The van der Waals surface area contributed by atoms with Crippen LogP contribution in [0, 0.1) is 6.92 Å². The van der Waals surface area contributed by atoms with Crippen LogP contribution in [0.15, 0.2) is 53.4 Å². The van der Waals surface area contributed by atoms with Gasteiger partial charge in [-0.1, -0.05) is 42.7 Å². The van der Waals surface area contributed by atoms with E-state index in [2.05, 4.69) is 10.2 Å². The van der Waals surface area contributed by atoms with Crippen LogP contribution in [-0.2, 0) is 16.6 Å². The molecule has 2 aromatic carbocycles. The highest BCUT2D eigenvalue weighted by molar-refractivity contribution is 7.89. The number of aryl methyl sites for hydroxylation is 1. The monoisotopic (exact) mass is 441 g/mol. The summed E-state index contributed by atoms with van der Waals surface area (Å²) in [7, 11) is -3.44. The first-order chi connectivity index (χ1) is 14.9. The highest BCUT2D eigenvalue weighted by Crippen LogP contribution is 2.20. The van der Waals surface area contributed by atoms with Crippen LogP contribution in [0.25, 0.3) is 0 Å². The average molecular weight is 442 g/mol. The van der Waals surface area contributed by atoms with E-state index < -0.39 is 10.0 Å². The number of rotatable bonds is 6. The Morgan fingerprint density at radius 2 is 1.55 bits per heavy atom. The highest BCUT2D eigenvalue weighted by atomic mass is 32.2. The normalized spacial score (nSPS) is 18.9. The number of hydrogen-bond acceptors (Lipinski definition) is 4. The van der Waals surface area contributed by atoms with Crippen LogP contribution < -0.4 is 5.32 Å². The van der Waals surface area contributed by atoms with E-state index in [1.54, 1.807) is 16.4 Å². The third-order valence-corrected chi connectivity index (χ3v) is 8.22. The number of carbonyl (C=O) groups is 1. The molecule has 1 aliphatic carbocycles. The van der Waals surface area contributed by atoms with E-state index in [1.807, 2.05) is 43.3 Å². The lowest BCUT2D eigenvalue weighted by molar-refractivity contribution is 0.0938. The minimum absolute atomic E-state index is 0.00776.